The Morgan fingerprint density at radius 3 is 2.04 bits per heavy atom. The predicted octanol–water partition coefficient (Wildman–Crippen LogP) is 2.47. The number of hydrogen-bond acceptors (Lipinski definition) is 8. The molecule has 0 radical (unpaired) electrons. The molecule has 0 saturated carbocycles. The number of phenols is 1. The van der Waals surface area contributed by atoms with Crippen LogP contribution < -0.4 is 18.9 Å². The predicted molar refractivity (Wildman–Crippen MR) is 95.4 cm³/mol. The number of ether oxygens (including phenoxy) is 5. The summed E-state index contributed by atoms with van der Waals surface area (Å²) < 4.78 is 25.4. The van der Waals surface area contributed by atoms with Crippen molar-refractivity contribution in [3.05, 3.63) is 41.5 Å². The summed E-state index contributed by atoms with van der Waals surface area (Å²) in [4.78, 5) is 24.6. The Morgan fingerprint density at radius 1 is 0.889 bits per heavy atom. The van der Waals surface area contributed by atoms with Crippen LogP contribution in [0.1, 0.15) is 20.7 Å². The van der Waals surface area contributed by atoms with Gasteiger partial charge in [-0.3, -0.25) is 4.79 Å². The Labute approximate surface area is 156 Å². The summed E-state index contributed by atoms with van der Waals surface area (Å²) in [7, 11) is 5.55. The van der Waals surface area contributed by atoms with Crippen LogP contribution in [0.25, 0.3) is 0 Å². The van der Waals surface area contributed by atoms with Gasteiger partial charge in [-0.1, -0.05) is 0 Å². The van der Waals surface area contributed by atoms with Crippen LogP contribution in [-0.4, -0.2) is 51.9 Å². The summed E-state index contributed by atoms with van der Waals surface area (Å²) in [6.07, 6.45) is 0. The maximum absolute atomic E-state index is 12.5. The zero-order valence-electron chi connectivity index (χ0n) is 15.4. The number of hydrogen-bond donors (Lipinski definition) is 1. The minimum Gasteiger partial charge on any atom is -0.504 e. The number of carbonyl (C=O) groups excluding carboxylic acids is 2. The van der Waals surface area contributed by atoms with Gasteiger partial charge in [-0.05, 0) is 24.3 Å². The van der Waals surface area contributed by atoms with Gasteiger partial charge in [0.1, 0.15) is 17.1 Å². The molecule has 2 rings (SSSR count). The second-order valence-electron chi connectivity index (χ2n) is 5.27. The minimum absolute atomic E-state index is 0.0249. The van der Waals surface area contributed by atoms with Gasteiger partial charge < -0.3 is 28.8 Å². The molecular formula is C19H20O8. The summed E-state index contributed by atoms with van der Waals surface area (Å²) >= 11 is 0. The highest BCUT2D eigenvalue weighted by molar-refractivity contribution is 6.04. The van der Waals surface area contributed by atoms with Crippen LogP contribution in [0, 0.1) is 0 Å². The highest BCUT2D eigenvalue weighted by Crippen LogP contribution is 2.44. The normalized spacial score (nSPS) is 10.1. The van der Waals surface area contributed by atoms with Crippen molar-refractivity contribution in [3.63, 3.8) is 0 Å². The van der Waals surface area contributed by atoms with Crippen molar-refractivity contribution in [1.29, 1.82) is 0 Å². The Balaban J connectivity index is 2.20. The van der Waals surface area contributed by atoms with Crippen LogP contribution >= 0.6 is 0 Å². The first-order chi connectivity index (χ1) is 13.0. The van der Waals surface area contributed by atoms with Gasteiger partial charge in [-0.2, -0.15) is 0 Å². The average molecular weight is 376 g/mol. The SMILES string of the molecule is COc1ccc(C(=O)OCC(=O)c2c(OC)cc(OC)c(OC)c2O)cc1. The molecule has 2 aromatic carbocycles. The Hall–Kier alpha value is -3.42. The first-order valence-electron chi connectivity index (χ1n) is 7.83. The van der Waals surface area contributed by atoms with Crippen LogP contribution in [-0.2, 0) is 4.74 Å². The Bertz CT molecular complexity index is 827. The van der Waals surface area contributed by atoms with Crippen molar-refractivity contribution in [2.75, 3.05) is 35.0 Å². The summed E-state index contributed by atoms with van der Waals surface area (Å²) in [6.45, 7) is -0.593. The highest BCUT2D eigenvalue weighted by Gasteiger charge is 2.26. The molecule has 0 fully saturated rings. The second-order valence-corrected chi connectivity index (χ2v) is 5.27. The fourth-order valence-electron chi connectivity index (χ4n) is 2.40. The molecule has 27 heavy (non-hydrogen) atoms. The van der Waals surface area contributed by atoms with Crippen LogP contribution in [0.15, 0.2) is 30.3 Å². The average Bonchev–Trinajstić information content (AvgIpc) is 2.70. The lowest BCUT2D eigenvalue weighted by Gasteiger charge is -2.16. The summed E-state index contributed by atoms with van der Waals surface area (Å²) in [5.41, 5.74) is 0.0878. The van der Waals surface area contributed by atoms with Gasteiger partial charge in [-0.15, -0.1) is 0 Å². The second kappa shape index (κ2) is 8.79. The van der Waals surface area contributed by atoms with E-state index in [9.17, 15) is 14.7 Å². The molecule has 0 aromatic heterocycles. The lowest BCUT2D eigenvalue weighted by Crippen LogP contribution is -2.15. The molecule has 0 heterocycles. The molecule has 0 aliphatic carbocycles. The molecule has 0 amide bonds. The third-order valence-electron chi connectivity index (χ3n) is 3.77. The van der Waals surface area contributed by atoms with Gasteiger partial charge >= 0.3 is 5.97 Å². The van der Waals surface area contributed by atoms with Crippen LogP contribution in [0.3, 0.4) is 0 Å². The quantitative estimate of drug-likeness (QED) is 0.554. The third kappa shape index (κ3) is 4.22. The van der Waals surface area contributed by atoms with Crippen molar-refractivity contribution in [3.8, 4) is 28.7 Å². The molecule has 0 bridgehead atoms. The number of phenolic OH excluding ortho intramolecular Hbond substituents is 1. The summed E-state index contributed by atoms with van der Waals surface area (Å²) in [5, 5.41) is 10.4. The summed E-state index contributed by atoms with van der Waals surface area (Å²) in [5.74, 6) is -0.990. The topological polar surface area (TPSA) is 101 Å². The van der Waals surface area contributed by atoms with Gasteiger partial charge in [0.2, 0.25) is 11.5 Å². The van der Waals surface area contributed by atoms with Crippen molar-refractivity contribution in [1.82, 2.24) is 0 Å². The number of Topliss-reactive ketones (excluding diaryl/α,β-unsaturated/α-hetero) is 1. The van der Waals surface area contributed by atoms with E-state index in [1.807, 2.05) is 0 Å². The van der Waals surface area contributed by atoms with Gasteiger partial charge in [0.15, 0.2) is 18.1 Å². The maximum Gasteiger partial charge on any atom is 0.338 e. The zero-order chi connectivity index (χ0) is 20.0. The van der Waals surface area contributed by atoms with E-state index in [4.69, 9.17) is 23.7 Å². The number of ketones is 1. The van der Waals surface area contributed by atoms with E-state index in [1.54, 1.807) is 12.1 Å². The molecule has 0 atom stereocenters. The lowest BCUT2D eigenvalue weighted by molar-refractivity contribution is 0.0473. The van der Waals surface area contributed by atoms with E-state index in [2.05, 4.69) is 0 Å². The van der Waals surface area contributed by atoms with E-state index in [0.717, 1.165) is 0 Å². The zero-order valence-corrected chi connectivity index (χ0v) is 15.4. The number of esters is 1. The van der Waals surface area contributed by atoms with E-state index in [-0.39, 0.29) is 28.4 Å². The molecule has 8 heteroatoms. The van der Waals surface area contributed by atoms with Crippen LogP contribution in [0.2, 0.25) is 0 Å². The fraction of sp³-hybridized carbons (Fsp3) is 0.263. The minimum atomic E-state index is -0.690. The molecule has 0 aliphatic heterocycles. The largest absolute Gasteiger partial charge is 0.504 e. The maximum atomic E-state index is 12.5. The van der Waals surface area contributed by atoms with Crippen molar-refractivity contribution >= 4 is 11.8 Å². The van der Waals surface area contributed by atoms with Crippen LogP contribution in [0.5, 0.6) is 28.7 Å². The van der Waals surface area contributed by atoms with Crippen molar-refractivity contribution in [2.45, 2.75) is 0 Å². The Kier molecular flexibility index (Phi) is 6.48. The summed E-state index contributed by atoms with van der Waals surface area (Å²) in [6, 6.07) is 7.63. The van der Waals surface area contributed by atoms with E-state index in [0.29, 0.717) is 5.75 Å². The number of rotatable bonds is 8. The lowest BCUT2D eigenvalue weighted by atomic mass is 10.1. The molecule has 0 aliphatic rings. The monoisotopic (exact) mass is 376 g/mol. The molecule has 0 spiro atoms. The van der Waals surface area contributed by atoms with Gasteiger partial charge in [0.05, 0.1) is 34.0 Å². The van der Waals surface area contributed by atoms with Crippen LogP contribution in [0.4, 0.5) is 0 Å². The number of aromatic hydroxyl groups is 1. The van der Waals surface area contributed by atoms with Gasteiger partial charge in [0, 0.05) is 6.07 Å². The molecule has 1 N–H and O–H groups in total. The Morgan fingerprint density at radius 2 is 1.52 bits per heavy atom. The molecule has 8 nitrogen and oxygen atoms in total. The number of carbonyl (C=O) groups is 2. The first kappa shape index (κ1) is 19.9. The fourth-order valence-corrected chi connectivity index (χ4v) is 2.40. The number of methoxy groups -OCH3 is 4. The van der Waals surface area contributed by atoms with E-state index in [1.165, 1.54) is 46.6 Å². The van der Waals surface area contributed by atoms with Gasteiger partial charge in [0.25, 0.3) is 0 Å². The molecule has 0 unspecified atom stereocenters. The number of benzene rings is 2. The third-order valence-corrected chi connectivity index (χ3v) is 3.77. The van der Waals surface area contributed by atoms with E-state index < -0.39 is 24.1 Å². The molecule has 0 saturated heterocycles. The van der Waals surface area contributed by atoms with Crippen molar-refractivity contribution < 1.29 is 38.4 Å². The van der Waals surface area contributed by atoms with E-state index >= 15 is 0 Å². The van der Waals surface area contributed by atoms with Gasteiger partial charge in [-0.25, -0.2) is 4.79 Å². The first-order valence-corrected chi connectivity index (χ1v) is 7.83. The van der Waals surface area contributed by atoms with Crippen molar-refractivity contribution in [2.24, 2.45) is 0 Å². The standard InChI is InChI=1S/C19H20O8/c1-23-12-7-5-11(6-8-12)19(22)27-10-13(20)16-14(24-2)9-15(25-3)18(26-4)17(16)21/h5-9,21H,10H2,1-4H3. The molecule has 144 valence electrons. The smallest absolute Gasteiger partial charge is 0.338 e. The highest BCUT2D eigenvalue weighted by atomic mass is 16.5. The molecule has 2 aromatic rings. The molecular weight excluding hydrogens is 356 g/mol.